The number of benzene rings is 11. The van der Waals surface area contributed by atoms with E-state index in [-0.39, 0.29) is 46.7 Å². The van der Waals surface area contributed by atoms with Crippen LogP contribution < -0.4 is 4.90 Å². The lowest BCUT2D eigenvalue weighted by molar-refractivity contribution is 1.28. The number of hydrogen-bond acceptors (Lipinski definition) is 1. The van der Waals surface area contributed by atoms with Gasteiger partial charge in [-0.15, -0.1) is 0 Å². The number of anilines is 3. The monoisotopic (exact) mass is 835 g/mol. The second-order valence-corrected chi connectivity index (χ2v) is 15.9. The molecule has 0 amide bonds. The van der Waals surface area contributed by atoms with Gasteiger partial charge in [0, 0.05) is 17.1 Å². The van der Waals surface area contributed by atoms with Crippen molar-refractivity contribution < 1.29 is 11.0 Å². The standard InChI is InChI=1S/C64H45N/c1-5-16-46(17-6-1)54-25-15-26-55(42-54)49-28-35-59(36-29-49)65(61-39-32-53(33-40-61)64-62-27-14-13-24-52(62)34-41-63(64)51-22-11-4-12-23-51)60-37-30-50(31-38-60)58-44-56(47-18-7-2-8-19-47)43-57(45-58)48-20-9-3-10-21-48/h1-45H/i28D,29D,30D,31D,35D,36D,37D,38D. The Kier molecular flexibility index (Phi) is 8.53. The van der Waals surface area contributed by atoms with Crippen molar-refractivity contribution in [3.8, 4) is 77.9 Å². The van der Waals surface area contributed by atoms with Crippen molar-refractivity contribution in [3.63, 3.8) is 0 Å². The summed E-state index contributed by atoms with van der Waals surface area (Å²) >= 11 is 0. The van der Waals surface area contributed by atoms with Crippen LogP contribution in [0.3, 0.4) is 0 Å². The van der Waals surface area contributed by atoms with Crippen LogP contribution in [-0.2, 0) is 0 Å². The summed E-state index contributed by atoms with van der Waals surface area (Å²) in [6.07, 6.45) is 0. The van der Waals surface area contributed by atoms with Crippen molar-refractivity contribution in [2.45, 2.75) is 0 Å². The fourth-order valence-corrected chi connectivity index (χ4v) is 8.56. The molecule has 306 valence electrons. The molecule has 0 N–H and O–H groups in total. The van der Waals surface area contributed by atoms with Crippen LogP contribution in [0.5, 0.6) is 0 Å². The van der Waals surface area contributed by atoms with Crippen LogP contribution in [0, 0.1) is 0 Å². The quantitative estimate of drug-likeness (QED) is 0.133. The maximum Gasteiger partial charge on any atom is 0.0645 e. The Morgan fingerprint density at radius 1 is 0.246 bits per heavy atom. The second-order valence-electron chi connectivity index (χ2n) is 15.9. The van der Waals surface area contributed by atoms with Crippen molar-refractivity contribution in [1.82, 2.24) is 0 Å². The van der Waals surface area contributed by atoms with E-state index in [0.29, 0.717) is 16.8 Å². The Morgan fingerprint density at radius 2 is 0.646 bits per heavy atom. The summed E-state index contributed by atoms with van der Waals surface area (Å²) in [4.78, 5) is 1.37. The number of fused-ring (bicyclic) bond motifs is 1. The van der Waals surface area contributed by atoms with E-state index in [9.17, 15) is 11.0 Å². The molecule has 11 rings (SSSR count). The Labute approximate surface area is 393 Å². The highest BCUT2D eigenvalue weighted by atomic mass is 15.1. The third kappa shape index (κ3) is 8.16. The molecule has 0 aromatic heterocycles. The van der Waals surface area contributed by atoms with Gasteiger partial charge in [-0.3, -0.25) is 0 Å². The van der Waals surface area contributed by atoms with Gasteiger partial charge in [-0.05, 0) is 149 Å². The predicted molar refractivity (Wildman–Crippen MR) is 277 cm³/mol. The van der Waals surface area contributed by atoms with Gasteiger partial charge >= 0.3 is 0 Å². The van der Waals surface area contributed by atoms with Crippen LogP contribution >= 0.6 is 0 Å². The van der Waals surface area contributed by atoms with Crippen LogP contribution in [0.2, 0.25) is 0 Å². The normalized spacial score (nSPS) is 12.8. The maximum absolute atomic E-state index is 9.86. The predicted octanol–water partition coefficient (Wildman–Crippen LogP) is 18.0. The lowest BCUT2D eigenvalue weighted by Gasteiger charge is -2.26. The van der Waals surface area contributed by atoms with E-state index in [1.165, 1.54) is 4.90 Å². The molecule has 0 spiro atoms. The van der Waals surface area contributed by atoms with E-state index in [0.717, 1.165) is 66.4 Å². The topological polar surface area (TPSA) is 3.24 Å². The van der Waals surface area contributed by atoms with E-state index in [4.69, 9.17) is 0 Å². The lowest BCUT2D eigenvalue weighted by Crippen LogP contribution is -2.09. The molecule has 1 nitrogen and oxygen atoms in total. The molecule has 65 heavy (non-hydrogen) atoms. The van der Waals surface area contributed by atoms with Gasteiger partial charge in [-0.1, -0.05) is 212 Å². The van der Waals surface area contributed by atoms with Crippen molar-refractivity contribution in [1.29, 1.82) is 0 Å². The molecule has 0 atom stereocenters. The largest absolute Gasteiger partial charge is 0.311 e. The second kappa shape index (κ2) is 17.7. The molecule has 1 heteroatoms. The van der Waals surface area contributed by atoms with Crippen LogP contribution in [0.25, 0.3) is 88.7 Å². The molecule has 0 fully saturated rings. The van der Waals surface area contributed by atoms with Gasteiger partial charge in [0.1, 0.15) is 0 Å². The number of rotatable bonds is 10. The molecule has 0 aliphatic heterocycles. The lowest BCUT2D eigenvalue weighted by atomic mass is 9.89. The first-order valence-electron chi connectivity index (χ1n) is 25.7. The van der Waals surface area contributed by atoms with E-state index in [1.54, 1.807) is 18.2 Å². The van der Waals surface area contributed by atoms with Gasteiger partial charge in [0.15, 0.2) is 0 Å². The van der Waals surface area contributed by atoms with Crippen LogP contribution in [0.1, 0.15) is 11.0 Å². The Bertz CT molecular complexity index is 3750. The molecule has 0 bridgehead atoms. The highest BCUT2D eigenvalue weighted by Gasteiger charge is 2.17. The first-order chi connectivity index (χ1) is 35.6. The Hall–Kier alpha value is -8.52. The summed E-state index contributed by atoms with van der Waals surface area (Å²) in [6, 6.07) is 69.5. The maximum atomic E-state index is 9.86. The van der Waals surface area contributed by atoms with Crippen molar-refractivity contribution >= 4 is 27.8 Å². The minimum Gasteiger partial charge on any atom is -0.311 e. The van der Waals surface area contributed by atoms with E-state index in [1.807, 2.05) is 164 Å². The Balaban J connectivity index is 1.13. The number of hydrogen-bond donors (Lipinski definition) is 0. The molecule has 0 aliphatic carbocycles. The highest BCUT2D eigenvalue weighted by Crippen LogP contribution is 2.42. The molecule has 0 saturated carbocycles. The number of nitrogens with zero attached hydrogens (tertiary/aromatic N) is 1. The molecule has 0 heterocycles. The third-order valence-electron chi connectivity index (χ3n) is 11.8. The molecule has 11 aromatic rings. The average Bonchev–Trinajstić information content (AvgIpc) is 3.44. The minimum absolute atomic E-state index is 0.0848. The summed E-state index contributed by atoms with van der Waals surface area (Å²) in [6.45, 7) is 0. The van der Waals surface area contributed by atoms with Crippen molar-refractivity contribution in [2.75, 3.05) is 4.90 Å². The molecule has 11 aromatic carbocycles. The fraction of sp³-hybridized carbons (Fsp3) is 0. The SMILES string of the molecule is [2H]c1c([2H])c(N(c2ccc(-c3c(-c4ccccc4)ccc4ccccc34)cc2)c2c([2H])c([2H])c(-c3cc(-c4ccccc4)cc(-c4ccccc4)c3)c([2H])c2[2H])c([2H])c([2H])c1-c1cccc(-c2ccccc2)c1. The molecular formula is C64H45N. The van der Waals surface area contributed by atoms with Crippen molar-refractivity contribution in [2.24, 2.45) is 0 Å². The van der Waals surface area contributed by atoms with Gasteiger partial charge in [0.05, 0.1) is 11.0 Å². The van der Waals surface area contributed by atoms with Gasteiger partial charge in [-0.25, -0.2) is 0 Å². The van der Waals surface area contributed by atoms with E-state index < -0.39 is 24.2 Å². The third-order valence-corrected chi connectivity index (χ3v) is 11.8. The summed E-state index contributed by atoms with van der Waals surface area (Å²) < 4.78 is 77.9. The van der Waals surface area contributed by atoms with E-state index in [2.05, 4.69) is 42.5 Å². The first kappa shape index (κ1) is 31.3. The zero-order valence-corrected chi connectivity index (χ0v) is 35.3. The van der Waals surface area contributed by atoms with Gasteiger partial charge in [-0.2, -0.15) is 0 Å². The highest BCUT2D eigenvalue weighted by molar-refractivity contribution is 6.04. The zero-order valence-electron chi connectivity index (χ0n) is 43.3. The van der Waals surface area contributed by atoms with E-state index >= 15 is 0 Å². The van der Waals surface area contributed by atoms with Gasteiger partial charge < -0.3 is 4.90 Å². The molecule has 0 radical (unpaired) electrons. The van der Waals surface area contributed by atoms with Crippen LogP contribution in [0.15, 0.2) is 273 Å². The summed E-state index contributed by atoms with van der Waals surface area (Å²) in [5.74, 6) is 0. The summed E-state index contributed by atoms with van der Waals surface area (Å²) in [5, 5.41) is 2.08. The molecule has 0 saturated heterocycles. The van der Waals surface area contributed by atoms with Gasteiger partial charge in [0.2, 0.25) is 0 Å². The smallest absolute Gasteiger partial charge is 0.0645 e. The Morgan fingerprint density at radius 3 is 1.18 bits per heavy atom. The zero-order chi connectivity index (χ0) is 50.3. The fourth-order valence-electron chi connectivity index (χ4n) is 8.56. The minimum atomic E-state index is -0.414. The summed E-state index contributed by atoms with van der Waals surface area (Å²) in [5.41, 5.74) is 10.2. The van der Waals surface area contributed by atoms with Crippen LogP contribution in [-0.4, -0.2) is 0 Å². The first-order valence-corrected chi connectivity index (χ1v) is 21.7. The molecule has 0 unspecified atom stereocenters. The van der Waals surface area contributed by atoms with Gasteiger partial charge in [0.25, 0.3) is 0 Å². The molecular weight excluding hydrogens is 783 g/mol. The summed E-state index contributed by atoms with van der Waals surface area (Å²) in [7, 11) is 0. The average molecular weight is 836 g/mol. The molecule has 0 aliphatic rings. The van der Waals surface area contributed by atoms with Crippen molar-refractivity contribution in [3.05, 3.63) is 273 Å². The van der Waals surface area contributed by atoms with Crippen LogP contribution in [0.4, 0.5) is 17.1 Å².